The Morgan fingerprint density at radius 3 is 2.52 bits per heavy atom. The third kappa shape index (κ3) is 3.30. The number of hydrogen-bond acceptors (Lipinski definition) is 3. The Balaban J connectivity index is 1.79. The molecule has 6 heteroatoms. The predicted molar refractivity (Wildman–Crippen MR) is 91.1 cm³/mol. The second-order valence-corrected chi connectivity index (χ2v) is 6.87. The average Bonchev–Trinajstić information content (AvgIpc) is 3.17. The smallest absolute Gasteiger partial charge is 0.253 e. The second-order valence-electron chi connectivity index (χ2n) is 6.05. The molecule has 1 aliphatic carbocycles. The number of carbonyl (C=O) groups excluding carboxylic acids is 2. The fourth-order valence-electron chi connectivity index (χ4n) is 3.34. The molecule has 0 radical (unpaired) electrons. The summed E-state index contributed by atoms with van der Waals surface area (Å²) >= 11 is 11.9. The van der Waals surface area contributed by atoms with Crippen molar-refractivity contribution in [2.24, 2.45) is 0 Å². The van der Waals surface area contributed by atoms with Crippen molar-refractivity contribution in [1.82, 2.24) is 9.80 Å². The van der Waals surface area contributed by atoms with Gasteiger partial charge in [0.15, 0.2) is 0 Å². The van der Waals surface area contributed by atoms with Crippen LogP contribution < -0.4 is 0 Å². The monoisotopic (exact) mass is 352 g/mol. The lowest BCUT2D eigenvalue weighted by Crippen LogP contribution is -2.48. The van der Waals surface area contributed by atoms with E-state index < -0.39 is 0 Å². The first-order valence-electron chi connectivity index (χ1n) is 7.60. The van der Waals surface area contributed by atoms with Crippen LogP contribution in [0, 0.1) is 0 Å². The molecule has 1 saturated carbocycles. The van der Waals surface area contributed by atoms with E-state index in [0.717, 1.165) is 13.1 Å². The van der Waals surface area contributed by atoms with E-state index in [9.17, 15) is 9.59 Å². The fraction of sp³-hybridized carbons (Fsp3) is 0.412. The van der Waals surface area contributed by atoms with E-state index in [1.54, 1.807) is 30.1 Å². The van der Waals surface area contributed by atoms with Gasteiger partial charge in [0.1, 0.15) is 5.78 Å². The zero-order valence-electron chi connectivity index (χ0n) is 12.8. The zero-order valence-corrected chi connectivity index (χ0v) is 14.3. The molecule has 0 spiro atoms. The van der Waals surface area contributed by atoms with Gasteiger partial charge in [0, 0.05) is 44.6 Å². The van der Waals surface area contributed by atoms with Gasteiger partial charge in [0.2, 0.25) is 0 Å². The van der Waals surface area contributed by atoms with Gasteiger partial charge in [-0.05, 0) is 18.2 Å². The highest BCUT2D eigenvalue weighted by Gasteiger charge is 2.40. The lowest BCUT2D eigenvalue weighted by atomic mass is 10.1. The zero-order chi connectivity index (χ0) is 16.6. The normalized spacial score (nSPS) is 24.4. The quantitative estimate of drug-likeness (QED) is 0.785. The van der Waals surface area contributed by atoms with Gasteiger partial charge in [-0.3, -0.25) is 14.5 Å². The summed E-state index contributed by atoms with van der Waals surface area (Å²) in [6, 6.07) is 4.83. The number of hydrogen-bond donors (Lipinski definition) is 0. The van der Waals surface area contributed by atoms with Crippen molar-refractivity contribution in [2.75, 3.05) is 20.1 Å². The molecular formula is C17H18Cl2N2O2. The number of nitrogens with zero attached hydrogens (tertiary/aromatic N) is 2. The van der Waals surface area contributed by atoms with Gasteiger partial charge in [0.05, 0.1) is 16.1 Å². The van der Waals surface area contributed by atoms with Crippen LogP contribution in [0.5, 0.6) is 0 Å². The molecule has 1 aromatic rings. The highest BCUT2D eigenvalue weighted by atomic mass is 35.5. The maximum absolute atomic E-state index is 12.7. The fourth-order valence-corrected chi connectivity index (χ4v) is 3.64. The molecule has 2 unspecified atom stereocenters. The molecule has 0 saturated heterocycles. The molecule has 3 rings (SSSR count). The molecule has 1 heterocycles. The molecule has 0 aromatic heterocycles. The van der Waals surface area contributed by atoms with Gasteiger partial charge in [0.25, 0.3) is 5.91 Å². The van der Waals surface area contributed by atoms with E-state index >= 15 is 0 Å². The van der Waals surface area contributed by atoms with Crippen LogP contribution in [0.15, 0.2) is 30.4 Å². The van der Waals surface area contributed by atoms with E-state index in [2.05, 4.69) is 17.1 Å². The second kappa shape index (κ2) is 6.63. The molecule has 2 atom stereocenters. The number of Topliss-reactive ketones (excluding diaryl/α,β-unsaturated/α-hetero) is 1. The third-order valence-corrected chi connectivity index (χ3v) is 5.36. The minimum absolute atomic E-state index is 0.0780. The van der Waals surface area contributed by atoms with Crippen molar-refractivity contribution in [3.8, 4) is 0 Å². The van der Waals surface area contributed by atoms with Crippen LogP contribution in [0.2, 0.25) is 10.0 Å². The van der Waals surface area contributed by atoms with Gasteiger partial charge in [-0.15, -0.1) is 0 Å². The first kappa shape index (κ1) is 16.5. The van der Waals surface area contributed by atoms with Crippen molar-refractivity contribution in [3.63, 3.8) is 0 Å². The van der Waals surface area contributed by atoms with Gasteiger partial charge in [-0.1, -0.05) is 35.4 Å². The van der Waals surface area contributed by atoms with Gasteiger partial charge < -0.3 is 4.90 Å². The number of likely N-dealkylation sites (N-methyl/N-ethyl adjacent to an activating group) is 1. The van der Waals surface area contributed by atoms with Crippen molar-refractivity contribution >= 4 is 34.9 Å². The Hall–Kier alpha value is -1.36. The minimum Gasteiger partial charge on any atom is -0.337 e. The summed E-state index contributed by atoms with van der Waals surface area (Å²) < 4.78 is 0. The Morgan fingerprint density at radius 2 is 1.87 bits per heavy atom. The predicted octanol–water partition coefficient (Wildman–Crippen LogP) is 3.04. The molecule has 1 fully saturated rings. The van der Waals surface area contributed by atoms with Crippen LogP contribution >= 0.6 is 23.2 Å². The summed E-state index contributed by atoms with van der Waals surface area (Å²) in [5.74, 6) is 0.0705. The summed E-state index contributed by atoms with van der Waals surface area (Å²) in [6.45, 7) is 1.67. The summed E-state index contributed by atoms with van der Waals surface area (Å²) in [5, 5.41) is 0.775. The lowest BCUT2D eigenvalue weighted by molar-refractivity contribution is -0.117. The number of halogens is 2. The molecule has 1 aliphatic heterocycles. The SMILES string of the molecule is CN(C(=O)c1ccc(Cl)c(Cl)c1)C1CC(=O)CC1N1CC=CC1. The summed E-state index contributed by atoms with van der Waals surface area (Å²) in [6.07, 6.45) is 5.11. The number of rotatable bonds is 3. The molecule has 2 aliphatic rings. The van der Waals surface area contributed by atoms with Gasteiger partial charge in [-0.2, -0.15) is 0 Å². The highest BCUT2D eigenvalue weighted by Crippen LogP contribution is 2.29. The Labute approximate surface area is 145 Å². The van der Waals surface area contributed by atoms with Gasteiger partial charge >= 0.3 is 0 Å². The molecule has 23 heavy (non-hydrogen) atoms. The van der Waals surface area contributed by atoms with Crippen LogP contribution in [0.1, 0.15) is 23.2 Å². The molecule has 122 valence electrons. The molecule has 0 bridgehead atoms. The number of benzene rings is 1. The molecule has 0 N–H and O–H groups in total. The third-order valence-electron chi connectivity index (χ3n) is 4.62. The van der Waals surface area contributed by atoms with Crippen LogP contribution in [0.3, 0.4) is 0 Å². The van der Waals surface area contributed by atoms with E-state index in [1.807, 2.05) is 0 Å². The van der Waals surface area contributed by atoms with Crippen molar-refractivity contribution < 1.29 is 9.59 Å². The van der Waals surface area contributed by atoms with E-state index in [4.69, 9.17) is 23.2 Å². The van der Waals surface area contributed by atoms with Crippen LogP contribution in [-0.2, 0) is 4.79 Å². The number of ketones is 1. The van der Waals surface area contributed by atoms with Crippen LogP contribution in [-0.4, -0.2) is 53.7 Å². The number of carbonyl (C=O) groups is 2. The molecule has 4 nitrogen and oxygen atoms in total. The first-order chi connectivity index (χ1) is 11.0. The summed E-state index contributed by atoms with van der Waals surface area (Å²) in [5.41, 5.74) is 0.486. The number of amides is 1. The maximum Gasteiger partial charge on any atom is 0.253 e. The average molecular weight is 353 g/mol. The van der Waals surface area contributed by atoms with Crippen molar-refractivity contribution in [2.45, 2.75) is 24.9 Å². The van der Waals surface area contributed by atoms with Crippen molar-refractivity contribution in [1.29, 1.82) is 0 Å². The van der Waals surface area contributed by atoms with E-state index in [0.29, 0.717) is 28.5 Å². The topological polar surface area (TPSA) is 40.6 Å². The standard InChI is InChI=1S/C17H18Cl2N2O2/c1-20(17(23)11-4-5-13(18)14(19)8-11)15-9-12(22)10-16(15)21-6-2-3-7-21/h2-5,8,15-16H,6-7,9-10H2,1H3. The van der Waals surface area contributed by atoms with Crippen molar-refractivity contribution in [3.05, 3.63) is 46.0 Å². The van der Waals surface area contributed by atoms with E-state index in [-0.39, 0.29) is 23.8 Å². The summed E-state index contributed by atoms with van der Waals surface area (Å²) in [7, 11) is 1.75. The Kier molecular flexibility index (Phi) is 4.76. The Morgan fingerprint density at radius 1 is 1.17 bits per heavy atom. The molecular weight excluding hydrogens is 335 g/mol. The van der Waals surface area contributed by atoms with Crippen LogP contribution in [0.4, 0.5) is 0 Å². The molecule has 1 aromatic carbocycles. The first-order valence-corrected chi connectivity index (χ1v) is 8.36. The van der Waals surface area contributed by atoms with E-state index in [1.165, 1.54) is 0 Å². The van der Waals surface area contributed by atoms with Crippen LogP contribution in [0.25, 0.3) is 0 Å². The molecule has 1 amide bonds. The Bertz CT molecular complexity index is 667. The van der Waals surface area contributed by atoms with Gasteiger partial charge in [-0.25, -0.2) is 0 Å². The highest BCUT2D eigenvalue weighted by molar-refractivity contribution is 6.42. The largest absolute Gasteiger partial charge is 0.337 e. The lowest BCUT2D eigenvalue weighted by Gasteiger charge is -2.34. The minimum atomic E-state index is -0.138. The summed E-state index contributed by atoms with van der Waals surface area (Å²) in [4.78, 5) is 28.6. The maximum atomic E-state index is 12.7.